The molecule has 2 heterocycles. The Balaban J connectivity index is 1.50. The number of aryl methyl sites for hydroxylation is 1. The highest BCUT2D eigenvalue weighted by Gasteiger charge is 2.26. The molecule has 1 fully saturated rings. The summed E-state index contributed by atoms with van der Waals surface area (Å²) in [5.74, 6) is 0.171. The molecule has 0 atom stereocenters. The van der Waals surface area contributed by atoms with Crippen LogP contribution < -0.4 is 0 Å². The summed E-state index contributed by atoms with van der Waals surface area (Å²) < 4.78 is 0. The van der Waals surface area contributed by atoms with E-state index in [9.17, 15) is 9.59 Å². The summed E-state index contributed by atoms with van der Waals surface area (Å²) in [6.45, 7) is 7.91. The largest absolute Gasteiger partial charge is 0.361 e. The molecule has 6 heteroatoms. The molecule has 1 aromatic carbocycles. The molecule has 3 rings (SSSR count). The number of carbonyl (C=O) groups is 2. The third-order valence-electron chi connectivity index (χ3n) is 5.22. The van der Waals surface area contributed by atoms with Crippen molar-refractivity contribution >= 4 is 22.8 Å². The van der Waals surface area contributed by atoms with Crippen molar-refractivity contribution in [1.29, 1.82) is 0 Å². The number of nitrogens with zero attached hydrogens (tertiary/aromatic N) is 3. The van der Waals surface area contributed by atoms with E-state index in [4.69, 9.17) is 0 Å². The fraction of sp³-hybridized carbons (Fsp3) is 0.500. The van der Waals surface area contributed by atoms with Crippen LogP contribution in [0.5, 0.6) is 0 Å². The van der Waals surface area contributed by atoms with Crippen LogP contribution in [0.4, 0.5) is 4.79 Å². The molecule has 2 aromatic rings. The first kappa shape index (κ1) is 18.3. The summed E-state index contributed by atoms with van der Waals surface area (Å²) in [5, 5.41) is 1.19. The number of fused-ring (bicyclic) bond motifs is 1. The Morgan fingerprint density at radius 1 is 1.04 bits per heavy atom. The molecule has 1 N–H and O–H groups in total. The van der Waals surface area contributed by atoms with Crippen LogP contribution >= 0.6 is 0 Å². The summed E-state index contributed by atoms with van der Waals surface area (Å²) in [6, 6.07) is 8.25. The van der Waals surface area contributed by atoms with Crippen LogP contribution in [0.1, 0.15) is 25.8 Å². The summed E-state index contributed by atoms with van der Waals surface area (Å²) in [5.41, 5.74) is 2.29. The van der Waals surface area contributed by atoms with Crippen molar-refractivity contribution in [2.75, 3.05) is 39.3 Å². The zero-order valence-electron chi connectivity index (χ0n) is 15.7. The summed E-state index contributed by atoms with van der Waals surface area (Å²) in [6.07, 6.45) is 3.24. The highest BCUT2D eigenvalue weighted by molar-refractivity contribution is 5.84. The first-order chi connectivity index (χ1) is 12.6. The van der Waals surface area contributed by atoms with Gasteiger partial charge in [0.1, 0.15) is 0 Å². The highest BCUT2D eigenvalue weighted by atomic mass is 16.2. The van der Waals surface area contributed by atoms with E-state index in [-0.39, 0.29) is 11.9 Å². The second-order valence-electron chi connectivity index (χ2n) is 6.68. The van der Waals surface area contributed by atoms with E-state index in [0.29, 0.717) is 32.6 Å². The molecule has 1 aromatic heterocycles. The van der Waals surface area contributed by atoms with Crippen molar-refractivity contribution in [3.05, 3.63) is 36.0 Å². The maximum absolute atomic E-state index is 12.6. The van der Waals surface area contributed by atoms with E-state index in [0.717, 1.165) is 25.0 Å². The van der Waals surface area contributed by atoms with Gasteiger partial charge in [0.15, 0.2) is 0 Å². The zero-order chi connectivity index (χ0) is 18.5. The minimum atomic E-state index is 0.0842. The number of carbonyl (C=O) groups excluding carboxylic acids is 2. The average molecular weight is 356 g/mol. The molecule has 1 aliphatic rings. The van der Waals surface area contributed by atoms with E-state index in [1.165, 1.54) is 10.9 Å². The topological polar surface area (TPSA) is 59.7 Å². The molecule has 26 heavy (non-hydrogen) atoms. The minimum absolute atomic E-state index is 0.0842. The van der Waals surface area contributed by atoms with Gasteiger partial charge >= 0.3 is 6.03 Å². The Kier molecular flexibility index (Phi) is 5.81. The lowest BCUT2D eigenvalue weighted by Gasteiger charge is -2.37. The van der Waals surface area contributed by atoms with Gasteiger partial charge in [-0.1, -0.05) is 18.2 Å². The van der Waals surface area contributed by atoms with Crippen LogP contribution in [0.15, 0.2) is 30.5 Å². The van der Waals surface area contributed by atoms with Crippen molar-refractivity contribution in [3.8, 4) is 0 Å². The first-order valence-electron chi connectivity index (χ1n) is 9.50. The van der Waals surface area contributed by atoms with E-state index < -0.39 is 0 Å². The summed E-state index contributed by atoms with van der Waals surface area (Å²) >= 11 is 0. The standard InChI is InChI=1S/C20H28N4O2/c1-3-22(4-2)20(26)24-13-11-23(12-14-24)19(25)10-9-16-15-21-18-8-6-5-7-17(16)18/h5-8,15,21H,3-4,9-14H2,1-2H3. The predicted octanol–water partition coefficient (Wildman–Crippen LogP) is 2.71. The molecule has 1 saturated heterocycles. The van der Waals surface area contributed by atoms with Gasteiger partial charge in [-0.25, -0.2) is 4.79 Å². The van der Waals surface area contributed by atoms with Gasteiger partial charge in [0, 0.05) is 62.8 Å². The van der Waals surface area contributed by atoms with E-state index in [1.54, 1.807) is 0 Å². The number of hydrogen-bond donors (Lipinski definition) is 1. The maximum Gasteiger partial charge on any atom is 0.320 e. The number of piperazine rings is 1. The third-order valence-corrected chi connectivity index (χ3v) is 5.22. The second-order valence-corrected chi connectivity index (χ2v) is 6.68. The Labute approximate surface area is 154 Å². The Hall–Kier alpha value is -2.50. The number of aromatic nitrogens is 1. The first-order valence-corrected chi connectivity index (χ1v) is 9.50. The van der Waals surface area contributed by atoms with E-state index in [2.05, 4.69) is 11.1 Å². The van der Waals surface area contributed by atoms with Crippen molar-refractivity contribution < 1.29 is 9.59 Å². The monoisotopic (exact) mass is 356 g/mol. The predicted molar refractivity (Wildman–Crippen MR) is 103 cm³/mol. The van der Waals surface area contributed by atoms with Gasteiger partial charge in [-0.05, 0) is 31.9 Å². The van der Waals surface area contributed by atoms with Crippen molar-refractivity contribution in [3.63, 3.8) is 0 Å². The van der Waals surface area contributed by atoms with Gasteiger partial charge < -0.3 is 19.7 Å². The molecular formula is C20H28N4O2. The average Bonchev–Trinajstić information content (AvgIpc) is 3.10. The smallest absolute Gasteiger partial charge is 0.320 e. The molecule has 0 saturated carbocycles. The van der Waals surface area contributed by atoms with Crippen LogP contribution in [0.2, 0.25) is 0 Å². The van der Waals surface area contributed by atoms with Crippen LogP contribution in [0, 0.1) is 0 Å². The maximum atomic E-state index is 12.6. The molecule has 0 bridgehead atoms. The Bertz CT molecular complexity index is 758. The fourth-order valence-electron chi connectivity index (χ4n) is 3.58. The quantitative estimate of drug-likeness (QED) is 0.895. The summed E-state index contributed by atoms with van der Waals surface area (Å²) in [7, 11) is 0. The van der Waals surface area contributed by atoms with Crippen molar-refractivity contribution in [1.82, 2.24) is 19.7 Å². The zero-order valence-corrected chi connectivity index (χ0v) is 15.7. The van der Waals surface area contributed by atoms with Crippen molar-refractivity contribution in [2.45, 2.75) is 26.7 Å². The number of urea groups is 1. The van der Waals surface area contributed by atoms with Gasteiger partial charge in [-0.3, -0.25) is 4.79 Å². The molecular weight excluding hydrogens is 328 g/mol. The lowest BCUT2D eigenvalue weighted by atomic mass is 10.1. The summed E-state index contributed by atoms with van der Waals surface area (Å²) in [4.78, 5) is 33.8. The van der Waals surface area contributed by atoms with Crippen LogP contribution in [-0.4, -0.2) is 70.9 Å². The van der Waals surface area contributed by atoms with Crippen molar-refractivity contribution in [2.24, 2.45) is 0 Å². The van der Waals surface area contributed by atoms with Gasteiger partial charge in [0.25, 0.3) is 0 Å². The highest BCUT2D eigenvalue weighted by Crippen LogP contribution is 2.19. The number of hydrogen-bond acceptors (Lipinski definition) is 2. The minimum Gasteiger partial charge on any atom is -0.361 e. The molecule has 1 aliphatic heterocycles. The molecule has 3 amide bonds. The number of H-pyrrole nitrogens is 1. The van der Waals surface area contributed by atoms with Gasteiger partial charge in [0.2, 0.25) is 5.91 Å². The lowest BCUT2D eigenvalue weighted by molar-refractivity contribution is -0.132. The second kappa shape index (κ2) is 8.25. The third kappa shape index (κ3) is 3.84. The molecule has 0 aliphatic carbocycles. The van der Waals surface area contributed by atoms with E-state index in [1.807, 2.05) is 52.9 Å². The molecule has 0 unspecified atom stereocenters. The SMILES string of the molecule is CCN(CC)C(=O)N1CCN(C(=O)CCc2c[nH]c3ccccc23)CC1. The fourth-order valence-corrected chi connectivity index (χ4v) is 3.58. The van der Waals surface area contributed by atoms with Crippen LogP contribution in [0.3, 0.4) is 0 Å². The normalized spacial score (nSPS) is 14.7. The molecule has 0 spiro atoms. The Morgan fingerprint density at radius 3 is 2.38 bits per heavy atom. The Morgan fingerprint density at radius 2 is 1.69 bits per heavy atom. The molecule has 6 nitrogen and oxygen atoms in total. The number of para-hydroxylation sites is 1. The lowest BCUT2D eigenvalue weighted by Crippen LogP contribution is -2.54. The van der Waals surface area contributed by atoms with Gasteiger partial charge in [-0.2, -0.15) is 0 Å². The number of aromatic amines is 1. The van der Waals surface area contributed by atoms with Gasteiger partial charge in [-0.15, -0.1) is 0 Å². The van der Waals surface area contributed by atoms with Gasteiger partial charge in [0.05, 0.1) is 0 Å². The number of rotatable bonds is 5. The van der Waals surface area contributed by atoms with Crippen LogP contribution in [-0.2, 0) is 11.2 Å². The number of amides is 3. The van der Waals surface area contributed by atoms with E-state index >= 15 is 0 Å². The number of nitrogens with one attached hydrogen (secondary N) is 1. The van der Waals surface area contributed by atoms with Crippen LogP contribution in [0.25, 0.3) is 10.9 Å². The molecule has 140 valence electrons. The molecule has 0 radical (unpaired) electrons. The number of benzene rings is 1.